The third kappa shape index (κ3) is 3.30. The van der Waals surface area contributed by atoms with Gasteiger partial charge in [-0.3, -0.25) is 9.59 Å². The molecular formula is C9H11NO4. The van der Waals surface area contributed by atoms with Crippen molar-refractivity contribution in [3.63, 3.8) is 0 Å². The van der Waals surface area contributed by atoms with Gasteiger partial charge in [-0.15, -0.1) is 0 Å². The van der Waals surface area contributed by atoms with Gasteiger partial charge in [0.15, 0.2) is 0 Å². The van der Waals surface area contributed by atoms with Crippen molar-refractivity contribution in [3.8, 4) is 0 Å². The molecule has 0 aromatic heterocycles. The Kier molecular flexibility index (Phi) is 3.28. The summed E-state index contributed by atoms with van der Waals surface area (Å²) in [5.41, 5.74) is 0.709. The Balaban J connectivity index is 2.50. The van der Waals surface area contributed by atoms with Gasteiger partial charge < -0.3 is 15.1 Å². The van der Waals surface area contributed by atoms with E-state index in [1.165, 1.54) is 0 Å². The first-order chi connectivity index (χ1) is 6.58. The second-order valence-electron chi connectivity index (χ2n) is 3.04. The van der Waals surface area contributed by atoms with Crippen LogP contribution in [0.4, 0.5) is 0 Å². The molecule has 1 heterocycles. The molecule has 0 radical (unpaired) electrons. The summed E-state index contributed by atoms with van der Waals surface area (Å²) in [5, 5.41) is 17.1. The molecule has 5 heteroatoms. The summed E-state index contributed by atoms with van der Waals surface area (Å²) in [7, 11) is 0. The van der Waals surface area contributed by atoms with Crippen LogP contribution < -0.4 is 0 Å². The highest BCUT2D eigenvalue weighted by atomic mass is 16.4. The molecule has 1 aliphatic heterocycles. The number of rotatable bonds is 4. The standard InChI is InChI=1S/C9H11NO4/c11-8(12)4-7-2-1-3-10(5-7)6-9(13)14/h1-3H,4-6H2,(H,11,12)(H,13,14). The molecule has 76 valence electrons. The fourth-order valence-corrected chi connectivity index (χ4v) is 1.26. The second-order valence-corrected chi connectivity index (χ2v) is 3.04. The Hall–Kier alpha value is -1.78. The predicted octanol–water partition coefficient (Wildman–Crippen LogP) is 0.301. The van der Waals surface area contributed by atoms with Gasteiger partial charge in [0, 0.05) is 6.54 Å². The van der Waals surface area contributed by atoms with Gasteiger partial charge in [-0.1, -0.05) is 6.08 Å². The number of carboxylic acid groups (broad SMARTS) is 2. The fourth-order valence-electron chi connectivity index (χ4n) is 1.26. The van der Waals surface area contributed by atoms with E-state index in [1.807, 2.05) is 0 Å². The number of carbonyl (C=O) groups is 2. The van der Waals surface area contributed by atoms with Gasteiger partial charge in [0.1, 0.15) is 6.54 Å². The second kappa shape index (κ2) is 4.45. The van der Waals surface area contributed by atoms with Gasteiger partial charge in [-0.25, -0.2) is 0 Å². The lowest BCUT2D eigenvalue weighted by Crippen LogP contribution is -2.28. The molecule has 2 N–H and O–H groups in total. The van der Waals surface area contributed by atoms with Crippen LogP contribution in [0.1, 0.15) is 6.42 Å². The van der Waals surface area contributed by atoms with Crippen molar-refractivity contribution in [2.24, 2.45) is 0 Å². The summed E-state index contributed by atoms with van der Waals surface area (Å²) < 4.78 is 0. The van der Waals surface area contributed by atoms with Crippen LogP contribution in [-0.2, 0) is 9.59 Å². The molecule has 0 fully saturated rings. The molecule has 1 aliphatic rings. The molecule has 0 saturated carbocycles. The van der Waals surface area contributed by atoms with E-state index in [1.54, 1.807) is 23.3 Å². The first-order valence-electron chi connectivity index (χ1n) is 4.12. The maximum absolute atomic E-state index is 10.4. The van der Waals surface area contributed by atoms with Crippen molar-refractivity contribution in [2.45, 2.75) is 6.42 Å². The Labute approximate surface area is 80.9 Å². The first kappa shape index (κ1) is 10.3. The Morgan fingerprint density at radius 3 is 2.64 bits per heavy atom. The topological polar surface area (TPSA) is 77.8 Å². The minimum absolute atomic E-state index is 0.0412. The smallest absolute Gasteiger partial charge is 0.323 e. The summed E-state index contributed by atoms with van der Waals surface area (Å²) in [6, 6.07) is 0. The highest BCUT2D eigenvalue weighted by molar-refractivity contribution is 5.71. The van der Waals surface area contributed by atoms with E-state index < -0.39 is 11.9 Å². The van der Waals surface area contributed by atoms with E-state index in [4.69, 9.17) is 10.2 Å². The van der Waals surface area contributed by atoms with Gasteiger partial charge in [0.2, 0.25) is 0 Å². The van der Waals surface area contributed by atoms with Crippen molar-refractivity contribution < 1.29 is 19.8 Å². The highest BCUT2D eigenvalue weighted by Gasteiger charge is 2.12. The van der Waals surface area contributed by atoms with Gasteiger partial charge >= 0.3 is 11.9 Å². The lowest BCUT2D eigenvalue weighted by Gasteiger charge is -2.21. The fraction of sp³-hybridized carbons (Fsp3) is 0.333. The summed E-state index contributed by atoms with van der Waals surface area (Å²) in [5.74, 6) is -1.83. The van der Waals surface area contributed by atoms with Gasteiger partial charge in [0.05, 0.1) is 6.42 Å². The molecule has 0 unspecified atom stereocenters. The number of allylic oxidation sites excluding steroid dienone is 2. The quantitative estimate of drug-likeness (QED) is 0.677. The minimum atomic E-state index is -0.925. The molecule has 0 bridgehead atoms. The van der Waals surface area contributed by atoms with Crippen molar-refractivity contribution in [1.82, 2.24) is 4.90 Å². The van der Waals surface area contributed by atoms with Gasteiger partial charge in [-0.2, -0.15) is 0 Å². The molecule has 0 saturated heterocycles. The molecule has 1 rings (SSSR count). The van der Waals surface area contributed by atoms with E-state index in [2.05, 4.69) is 0 Å². The number of nitrogens with zero attached hydrogens (tertiary/aromatic N) is 1. The predicted molar refractivity (Wildman–Crippen MR) is 48.7 cm³/mol. The van der Waals surface area contributed by atoms with E-state index in [0.29, 0.717) is 12.1 Å². The van der Waals surface area contributed by atoms with E-state index >= 15 is 0 Å². The molecule has 0 aliphatic carbocycles. The molecule has 0 amide bonds. The summed E-state index contributed by atoms with van der Waals surface area (Å²) >= 11 is 0. The SMILES string of the molecule is O=C(O)CC1=CC=CN(CC(=O)O)C1. The number of hydrogen-bond acceptors (Lipinski definition) is 3. The zero-order valence-corrected chi connectivity index (χ0v) is 7.51. The molecule has 0 aromatic rings. The number of carboxylic acids is 2. The van der Waals surface area contributed by atoms with E-state index in [0.717, 1.165) is 0 Å². The van der Waals surface area contributed by atoms with Crippen LogP contribution in [0.5, 0.6) is 0 Å². The van der Waals surface area contributed by atoms with Crippen molar-refractivity contribution in [1.29, 1.82) is 0 Å². The molecule has 5 nitrogen and oxygen atoms in total. The normalized spacial score (nSPS) is 15.1. The van der Waals surface area contributed by atoms with E-state index in [9.17, 15) is 9.59 Å². The largest absolute Gasteiger partial charge is 0.481 e. The van der Waals surface area contributed by atoms with Crippen molar-refractivity contribution in [2.75, 3.05) is 13.1 Å². The summed E-state index contributed by atoms with van der Waals surface area (Å²) in [6.07, 6.45) is 4.96. The summed E-state index contributed by atoms with van der Waals surface area (Å²) in [6.45, 7) is 0.266. The highest BCUT2D eigenvalue weighted by Crippen LogP contribution is 2.10. The Bertz CT molecular complexity index is 306. The Morgan fingerprint density at radius 2 is 2.07 bits per heavy atom. The van der Waals surface area contributed by atoms with Crippen LogP contribution in [-0.4, -0.2) is 40.1 Å². The molecular weight excluding hydrogens is 186 g/mol. The van der Waals surface area contributed by atoms with Crippen LogP contribution in [0.25, 0.3) is 0 Å². The molecule has 14 heavy (non-hydrogen) atoms. The average molecular weight is 197 g/mol. The van der Waals surface area contributed by atoms with Crippen LogP contribution in [0.15, 0.2) is 23.9 Å². The van der Waals surface area contributed by atoms with Crippen molar-refractivity contribution >= 4 is 11.9 Å². The van der Waals surface area contributed by atoms with Gasteiger partial charge in [0.25, 0.3) is 0 Å². The zero-order chi connectivity index (χ0) is 10.6. The van der Waals surface area contributed by atoms with Crippen LogP contribution >= 0.6 is 0 Å². The van der Waals surface area contributed by atoms with Crippen LogP contribution in [0.2, 0.25) is 0 Å². The maximum Gasteiger partial charge on any atom is 0.323 e. The first-order valence-corrected chi connectivity index (χ1v) is 4.12. The third-order valence-corrected chi connectivity index (χ3v) is 1.75. The Morgan fingerprint density at radius 1 is 1.36 bits per heavy atom. The van der Waals surface area contributed by atoms with E-state index in [-0.39, 0.29) is 13.0 Å². The maximum atomic E-state index is 10.4. The van der Waals surface area contributed by atoms with Crippen molar-refractivity contribution in [3.05, 3.63) is 23.9 Å². The number of hydrogen-bond donors (Lipinski definition) is 2. The lowest BCUT2D eigenvalue weighted by molar-refractivity contribution is -0.137. The zero-order valence-electron chi connectivity index (χ0n) is 7.51. The number of aliphatic carboxylic acids is 2. The lowest BCUT2D eigenvalue weighted by atomic mass is 10.1. The molecule has 0 spiro atoms. The minimum Gasteiger partial charge on any atom is -0.481 e. The summed E-state index contributed by atoms with van der Waals surface area (Å²) in [4.78, 5) is 22.3. The van der Waals surface area contributed by atoms with Gasteiger partial charge in [-0.05, 0) is 17.8 Å². The molecule has 0 atom stereocenters. The third-order valence-electron chi connectivity index (χ3n) is 1.75. The average Bonchev–Trinajstić information content (AvgIpc) is 2.01. The van der Waals surface area contributed by atoms with Crippen LogP contribution in [0.3, 0.4) is 0 Å². The monoisotopic (exact) mass is 197 g/mol. The van der Waals surface area contributed by atoms with Crippen LogP contribution in [0, 0.1) is 0 Å². The molecule has 0 aromatic carbocycles.